The largest absolute Gasteiger partial charge is 0.374 e. The Morgan fingerprint density at radius 3 is 3.06 bits per heavy atom. The number of nitrogens with two attached hydrogens (primary N) is 1. The molecule has 1 aromatic rings. The molecule has 2 unspecified atom stereocenters. The first kappa shape index (κ1) is 11.5. The van der Waals surface area contributed by atoms with E-state index in [0.717, 1.165) is 18.9 Å². The molecule has 0 aromatic carbocycles. The van der Waals surface area contributed by atoms with Crippen LogP contribution in [0.1, 0.15) is 18.6 Å². The molecule has 2 N–H and O–H groups in total. The molecule has 0 saturated carbocycles. The van der Waals surface area contributed by atoms with Gasteiger partial charge in [0.05, 0.1) is 19.3 Å². The summed E-state index contributed by atoms with van der Waals surface area (Å²) in [7, 11) is 0. The van der Waals surface area contributed by atoms with Crippen LogP contribution in [-0.2, 0) is 11.3 Å². The van der Waals surface area contributed by atoms with Crippen molar-refractivity contribution in [2.45, 2.75) is 32.5 Å². The fourth-order valence-electron chi connectivity index (χ4n) is 1.80. The maximum absolute atomic E-state index is 5.83. The van der Waals surface area contributed by atoms with Gasteiger partial charge in [0.1, 0.15) is 0 Å². The molecule has 1 saturated heterocycles. The van der Waals surface area contributed by atoms with Gasteiger partial charge in [0, 0.05) is 26.1 Å². The van der Waals surface area contributed by atoms with Crippen LogP contribution in [0.25, 0.3) is 0 Å². The molecule has 2 rings (SSSR count). The molecule has 1 aliphatic heterocycles. The minimum atomic E-state index is 0.0507. The molecule has 0 radical (unpaired) electrons. The number of hydrogen-bond acceptors (Lipinski definition) is 6. The molecule has 1 aliphatic rings. The molecular weight excluding hydrogens is 208 g/mol. The molecule has 0 bridgehead atoms. The van der Waals surface area contributed by atoms with E-state index in [0.29, 0.717) is 19.0 Å². The van der Waals surface area contributed by atoms with Crippen molar-refractivity contribution in [2.24, 2.45) is 5.73 Å². The molecule has 1 fully saturated rings. The Labute approximate surface area is 94.7 Å². The highest BCUT2D eigenvalue weighted by Crippen LogP contribution is 2.10. The lowest BCUT2D eigenvalue weighted by molar-refractivity contribution is -0.0411. The average Bonchev–Trinajstić information content (AvgIpc) is 2.64. The van der Waals surface area contributed by atoms with Crippen LogP contribution in [0.3, 0.4) is 0 Å². The summed E-state index contributed by atoms with van der Waals surface area (Å²) >= 11 is 0. The standard InChI is InChI=1S/C10H18N4O2/c1-7(11)9-5-14(3-4-15-9)6-10-12-8(2)16-13-10/h7,9H,3-6,11H2,1-2H3. The highest BCUT2D eigenvalue weighted by molar-refractivity contribution is 4.86. The number of aromatic nitrogens is 2. The summed E-state index contributed by atoms with van der Waals surface area (Å²) in [6, 6.07) is 0.0507. The van der Waals surface area contributed by atoms with Gasteiger partial charge < -0.3 is 15.0 Å². The SMILES string of the molecule is Cc1nc(CN2CCOC(C(C)N)C2)no1. The van der Waals surface area contributed by atoms with E-state index in [2.05, 4.69) is 15.0 Å². The van der Waals surface area contributed by atoms with Gasteiger partial charge in [-0.1, -0.05) is 5.16 Å². The summed E-state index contributed by atoms with van der Waals surface area (Å²) in [5, 5.41) is 3.88. The van der Waals surface area contributed by atoms with Crippen molar-refractivity contribution >= 4 is 0 Å². The number of hydrogen-bond donors (Lipinski definition) is 1. The van der Waals surface area contributed by atoms with E-state index in [4.69, 9.17) is 15.0 Å². The zero-order valence-corrected chi connectivity index (χ0v) is 9.72. The van der Waals surface area contributed by atoms with Crippen LogP contribution in [0, 0.1) is 6.92 Å². The van der Waals surface area contributed by atoms with Crippen LogP contribution in [0.5, 0.6) is 0 Å². The molecule has 0 amide bonds. The molecule has 0 spiro atoms. The summed E-state index contributed by atoms with van der Waals surface area (Å²) in [4.78, 5) is 6.42. The molecular formula is C10H18N4O2. The van der Waals surface area contributed by atoms with Crippen LogP contribution in [-0.4, -0.2) is 46.9 Å². The van der Waals surface area contributed by atoms with Gasteiger partial charge >= 0.3 is 0 Å². The summed E-state index contributed by atoms with van der Waals surface area (Å²) in [6.45, 7) is 6.88. The minimum absolute atomic E-state index is 0.0507. The first-order valence-electron chi connectivity index (χ1n) is 5.54. The summed E-state index contributed by atoms with van der Waals surface area (Å²) in [5.74, 6) is 1.33. The van der Waals surface area contributed by atoms with Gasteiger partial charge in [-0.05, 0) is 6.92 Å². The normalized spacial score (nSPS) is 24.6. The van der Waals surface area contributed by atoms with Crippen molar-refractivity contribution in [1.29, 1.82) is 0 Å². The molecule has 1 aromatic heterocycles. The van der Waals surface area contributed by atoms with Crippen molar-refractivity contribution in [2.75, 3.05) is 19.7 Å². The van der Waals surface area contributed by atoms with Gasteiger partial charge in [0.25, 0.3) is 0 Å². The third kappa shape index (κ3) is 2.78. The van der Waals surface area contributed by atoms with E-state index in [1.807, 2.05) is 6.92 Å². The number of aryl methyl sites for hydroxylation is 1. The Balaban J connectivity index is 1.90. The highest BCUT2D eigenvalue weighted by Gasteiger charge is 2.24. The second-order valence-electron chi connectivity index (χ2n) is 4.23. The number of rotatable bonds is 3. The van der Waals surface area contributed by atoms with Crippen LogP contribution in [0.4, 0.5) is 0 Å². The van der Waals surface area contributed by atoms with E-state index in [1.165, 1.54) is 0 Å². The minimum Gasteiger partial charge on any atom is -0.374 e. The summed E-state index contributed by atoms with van der Waals surface area (Å²) < 4.78 is 10.5. The Kier molecular flexibility index (Phi) is 3.52. The van der Waals surface area contributed by atoms with E-state index in [-0.39, 0.29) is 12.1 Å². The van der Waals surface area contributed by atoms with Crippen LogP contribution in [0.2, 0.25) is 0 Å². The van der Waals surface area contributed by atoms with Crippen molar-refractivity contribution in [3.8, 4) is 0 Å². The topological polar surface area (TPSA) is 77.4 Å². The Bertz CT molecular complexity index is 339. The number of ether oxygens (including phenoxy) is 1. The molecule has 2 atom stereocenters. The molecule has 6 nitrogen and oxygen atoms in total. The predicted molar refractivity (Wildman–Crippen MR) is 57.7 cm³/mol. The first-order chi connectivity index (χ1) is 7.65. The fraction of sp³-hybridized carbons (Fsp3) is 0.800. The average molecular weight is 226 g/mol. The van der Waals surface area contributed by atoms with Crippen LogP contribution >= 0.6 is 0 Å². The van der Waals surface area contributed by atoms with E-state index in [1.54, 1.807) is 6.92 Å². The molecule has 0 aliphatic carbocycles. The lowest BCUT2D eigenvalue weighted by atomic mass is 10.1. The van der Waals surface area contributed by atoms with Crippen LogP contribution < -0.4 is 5.73 Å². The number of nitrogens with zero attached hydrogens (tertiary/aromatic N) is 3. The first-order valence-corrected chi connectivity index (χ1v) is 5.54. The third-order valence-corrected chi connectivity index (χ3v) is 2.70. The quantitative estimate of drug-likeness (QED) is 0.777. The summed E-state index contributed by atoms with van der Waals surface area (Å²) in [5.41, 5.74) is 5.83. The maximum Gasteiger partial charge on any atom is 0.223 e. The van der Waals surface area contributed by atoms with E-state index in [9.17, 15) is 0 Å². The van der Waals surface area contributed by atoms with Gasteiger partial charge in [-0.3, -0.25) is 4.90 Å². The molecule has 90 valence electrons. The van der Waals surface area contributed by atoms with E-state index < -0.39 is 0 Å². The Morgan fingerprint density at radius 1 is 1.62 bits per heavy atom. The van der Waals surface area contributed by atoms with Crippen molar-refractivity contribution in [3.63, 3.8) is 0 Å². The second kappa shape index (κ2) is 4.90. The zero-order chi connectivity index (χ0) is 11.5. The highest BCUT2D eigenvalue weighted by atomic mass is 16.5. The van der Waals surface area contributed by atoms with Gasteiger partial charge in [0.15, 0.2) is 5.82 Å². The predicted octanol–water partition coefficient (Wildman–Crippen LogP) is -0.0740. The van der Waals surface area contributed by atoms with Gasteiger partial charge in [-0.25, -0.2) is 0 Å². The molecule has 6 heteroatoms. The number of morpholine rings is 1. The fourth-order valence-corrected chi connectivity index (χ4v) is 1.80. The maximum atomic E-state index is 5.83. The van der Waals surface area contributed by atoms with Crippen molar-refractivity contribution in [3.05, 3.63) is 11.7 Å². The van der Waals surface area contributed by atoms with Gasteiger partial charge in [-0.15, -0.1) is 0 Å². The molecule has 16 heavy (non-hydrogen) atoms. The lowest BCUT2D eigenvalue weighted by Gasteiger charge is -2.33. The smallest absolute Gasteiger partial charge is 0.223 e. The molecule has 2 heterocycles. The van der Waals surface area contributed by atoms with Crippen molar-refractivity contribution in [1.82, 2.24) is 15.0 Å². The lowest BCUT2D eigenvalue weighted by Crippen LogP contribution is -2.49. The van der Waals surface area contributed by atoms with E-state index >= 15 is 0 Å². The van der Waals surface area contributed by atoms with Gasteiger partial charge in [0.2, 0.25) is 5.89 Å². The third-order valence-electron chi connectivity index (χ3n) is 2.70. The van der Waals surface area contributed by atoms with Gasteiger partial charge in [-0.2, -0.15) is 4.98 Å². The van der Waals surface area contributed by atoms with Crippen molar-refractivity contribution < 1.29 is 9.26 Å². The second-order valence-corrected chi connectivity index (χ2v) is 4.23. The Morgan fingerprint density at radius 2 is 2.44 bits per heavy atom. The monoisotopic (exact) mass is 226 g/mol. The zero-order valence-electron chi connectivity index (χ0n) is 9.72. The Hall–Kier alpha value is -0.980. The summed E-state index contributed by atoms with van der Waals surface area (Å²) in [6.07, 6.45) is 0.0988. The van der Waals surface area contributed by atoms with Crippen LogP contribution in [0.15, 0.2) is 4.52 Å².